The van der Waals surface area contributed by atoms with Gasteiger partial charge in [-0.3, -0.25) is 0 Å². The number of ether oxygens (including phenoxy) is 1. The highest BCUT2D eigenvalue weighted by Gasteiger charge is 2.15. The fourth-order valence-corrected chi connectivity index (χ4v) is 3.70. The second-order valence-electron chi connectivity index (χ2n) is 5.81. The Balaban J connectivity index is 1.75. The Labute approximate surface area is 157 Å². The molecule has 0 unspecified atom stereocenters. The number of rotatable bonds is 5. The van der Waals surface area contributed by atoms with Gasteiger partial charge in [-0.1, -0.05) is 72.4 Å². The SMILES string of the molecule is COc1ccc(Sc2cc(-c3ccccc3)oc2-c2ccccc2)cc1. The lowest BCUT2D eigenvalue weighted by molar-refractivity contribution is 0.414. The monoisotopic (exact) mass is 358 g/mol. The van der Waals surface area contributed by atoms with Crippen molar-refractivity contribution in [3.63, 3.8) is 0 Å². The molecule has 0 spiro atoms. The van der Waals surface area contributed by atoms with Crippen molar-refractivity contribution in [1.29, 1.82) is 0 Å². The molecule has 0 amide bonds. The summed E-state index contributed by atoms with van der Waals surface area (Å²) in [5, 5.41) is 0. The minimum Gasteiger partial charge on any atom is -0.497 e. The second kappa shape index (κ2) is 7.54. The van der Waals surface area contributed by atoms with Crippen molar-refractivity contribution in [2.45, 2.75) is 9.79 Å². The van der Waals surface area contributed by atoms with E-state index in [1.54, 1.807) is 18.9 Å². The van der Waals surface area contributed by atoms with Crippen LogP contribution in [0.25, 0.3) is 22.6 Å². The number of benzene rings is 3. The second-order valence-corrected chi connectivity index (χ2v) is 6.93. The van der Waals surface area contributed by atoms with Crippen LogP contribution in [0.15, 0.2) is 105 Å². The molecule has 0 saturated carbocycles. The van der Waals surface area contributed by atoms with E-state index in [1.165, 1.54) is 0 Å². The van der Waals surface area contributed by atoms with E-state index >= 15 is 0 Å². The van der Waals surface area contributed by atoms with Crippen LogP contribution < -0.4 is 4.74 Å². The van der Waals surface area contributed by atoms with Crippen LogP contribution in [0, 0.1) is 0 Å². The van der Waals surface area contributed by atoms with Gasteiger partial charge >= 0.3 is 0 Å². The molecule has 128 valence electrons. The van der Waals surface area contributed by atoms with Crippen LogP contribution >= 0.6 is 11.8 Å². The highest BCUT2D eigenvalue weighted by molar-refractivity contribution is 7.99. The molecule has 0 saturated heterocycles. The molecule has 4 rings (SSSR count). The van der Waals surface area contributed by atoms with Gasteiger partial charge in [0.25, 0.3) is 0 Å². The number of methoxy groups -OCH3 is 1. The van der Waals surface area contributed by atoms with Crippen molar-refractivity contribution in [3.8, 4) is 28.4 Å². The largest absolute Gasteiger partial charge is 0.497 e. The minimum absolute atomic E-state index is 0.856. The highest BCUT2D eigenvalue weighted by Crippen LogP contribution is 2.41. The third-order valence-electron chi connectivity index (χ3n) is 4.08. The summed E-state index contributed by atoms with van der Waals surface area (Å²) in [4.78, 5) is 2.24. The molecular weight excluding hydrogens is 340 g/mol. The van der Waals surface area contributed by atoms with Gasteiger partial charge in [0.1, 0.15) is 17.3 Å². The van der Waals surface area contributed by atoms with E-state index in [0.29, 0.717) is 0 Å². The number of hydrogen-bond donors (Lipinski definition) is 0. The van der Waals surface area contributed by atoms with Gasteiger partial charge in [-0.2, -0.15) is 0 Å². The van der Waals surface area contributed by atoms with E-state index in [0.717, 1.165) is 38.2 Å². The van der Waals surface area contributed by atoms with E-state index in [-0.39, 0.29) is 0 Å². The molecule has 26 heavy (non-hydrogen) atoms. The van der Waals surface area contributed by atoms with Gasteiger partial charge < -0.3 is 9.15 Å². The minimum atomic E-state index is 0.856. The predicted octanol–water partition coefficient (Wildman–Crippen LogP) is 6.77. The topological polar surface area (TPSA) is 22.4 Å². The maximum atomic E-state index is 6.26. The number of furan rings is 1. The van der Waals surface area contributed by atoms with Gasteiger partial charge in [0.05, 0.1) is 12.0 Å². The molecule has 0 fully saturated rings. The lowest BCUT2D eigenvalue weighted by atomic mass is 10.1. The van der Waals surface area contributed by atoms with Crippen molar-refractivity contribution in [1.82, 2.24) is 0 Å². The Hall–Kier alpha value is -2.91. The molecule has 2 nitrogen and oxygen atoms in total. The molecule has 3 heteroatoms. The Morgan fingerprint density at radius 2 is 1.35 bits per heavy atom. The van der Waals surface area contributed by atoms with Gasteiger partial charge in [0.2, 0.25) is 0 Å². The molecule has 0 aliphatic heterocycles. The van der Waals surface area contributed by atoms with Crippen molar-refractivity contribution >= 4 is 11.8 Å². The molecule has 3 aromatic carbocycles. The normalized spacial score (nSPS) is 10.7. The first-order valence-electron chi connectivity index (χ1n) is 8.40. The fraction of sp³-hybridized carbons (Fsp3) is 0.0435. The Kier molecular flexibility index (Phi) is 4.80. The Bertz CT molecular complexity index is 974. The van der Waals surface area contributed by atoms with E-state index in [9.17, 15) is 0 Å². The van der Waals surface area contributed by atoms with Crippen LogP contribution in [-0.2, 0) is 0 Å². The zero-order valence-electron chi connectivity index (χ0n) is 14.4. The summed E-state index contributed by atoms with van der Waals surface area (Å²) in [6.07, 6.45) is 0. The molecule has 0 atom stereocenters. The van der Waals surface area contributed by atoms with Gasteiger partial charge in [-0.15, -0.1) is 0 Å². The lowest BCUT2D eigenvalue weighted by Gasteiger charge is -2.04. The summed E-state index contributed by atoms with van der Waals surface area (Å²) in [5.41, 5.74) is 2.15. The van der Waals surface area contributed by atoms with Gasteiger partial charge in [-0.05, 0) is 30.3 Å². The van der Waals surface area contributed by atoms with Crippen LogP contribution in [0.3, 0.4) is 0 Å². The third kappa shape index (κ3) is 3.53. The molecule has 0 aliphatic carbocycles. The van der Waals surface area contributed by atoms with Crippen LogP contribution in [0.1, 0.15) is 0 Å². The van der Waals surface area contributed by atoms with E-state index in [2.05, 4.69) is 42.5 Å². The van der Waals surface area contributed by atoms with Crippen LogP contribution in [0.5, 0.6) is 5.75 Å². The van der Waals surface area contributed by atoms with E-state index in [4.69, 9.17) is 9.15 Å². The van der Waals surface area contributed by atoms with Crippen molar-refractivity contribution < 1.29 is 9.15 Å². The molecule has 0 N–H and O–H groups in total. The molecule has 1 heterocycles. The fourth-order valence-electron chi connectivity index (χ4n) is 2.76. The summed E-state index contributed by atoms with van der Waals surface area (Å²) in [5.74, 6) is 2.63. The van der Waals surface area contributed by atoms with Crippen molar-refractivity contribution in [2.24, 2.45) is 0 Å². The van der Waals surface area contributed by atoms with Gasteiger partial charge in [-0.25, -0.2) is 0 Å². The maximum Gasteiger partial charge on any atom is 0.148 e. The third-order valence-corrected chi connectivity index (χ3v) is 5.11. The molecule has 4 aromatic rings. The maximum absolute atomic E-state index is 6.26. The predicted molar refractivity (Wildman–Crippen MR) is 107 cm³/mol. The van der Waals surface area contributed by atoms with Gasteiger partial charge in [0, 0.05) is 16.0 Å². The standard InChI is InChI=1S/C23H18O2S/c1-24-19-12-14-20(15-13-19)26-22-16-21(17-8-4-2-5-9-17)25-23(22)18-10-6-3-7-11-18/h2-16H,1H3. The highest BCUT2D eigenvalue weighted by atomic mass is 32.2. The van der Waals surface area contributed by atoms with Gasteiger partial charge in [0.15, 0.2) is 0 Å². The number of hydrogen-bond acceptors (Lipinski definition) is 3. The summed E-state index contributed by atoms with van der Waals surface area (Å²) in [7, 11) is 1.68. The molecular formula is C23H18O2S. The van der Waals surface area contributed by atoms with Crippen molar-refractivity contribution in [3.05, 3.63) is 91.0 Å². The average Bonchev–Trinajstić information content (AvgIpc) is 3.14. The Morgan fingerprint density at radius 3 is 1.96 bits per heavy atom. The molecule has 0 bridgehead atoms. The van der Waals surface area contributed by atoms with Crippen molar-refractivity contribution in [2.75, 3.05) is 7.11 Å². The molecule has 1 aromatic heterocycles. The molecule has 0 aliphatic rings. The summed E-state index contributed by atoms with van der Waals surface area (Å²) < 4.78 is 11.5. The van der Waals surface area contributed by atoms with Crippen LogP contribution in [-0.4, -0.2) is 7.11 Å². The quantitative estimate of drug-likeness (QED) is 0.393. The first-order valence-corrected chi connectivity index (χ1v) is 9.22. The van der Waals surface area contributed by atoms with Crippen LogP contribution in [0.4, 0.5) is 0 Å². The Morgan fingerprint density at radius 1 is 0.731 bits per heavy atom. The first-order chi connectivity index (χ1) is 12.8. The molecule has 0 radical (unpaired) electrons. The summed E-state index contributed by atoms with van der Waals surface area (Å²) in [6.45, 7) is 0. The zero-order valence-corrected chi connectivity index (χ0v) is 15.2. The summed E-state index contributed by atoms with van der Waals surface area (Å²) in [6, 6.07) is 30.6. The first kappa shape index (κ1) is 16.6. The average molecular weight is 358 g/mol. The lowest BCUT2D eigenvalue weighted by Crippen LogP contribution is -1.81. The van der Waals surface area contributed by atoms with Crippen LogP contribution in [0.2, 0.25) is 0 Å². The summed E-state index contributed by atoms with van der Waals surface area (Å²) >= 11 is 1.69. The zero-order chi connectivity index (χ0) is 17.8. The smallest absolute Gasteiger partial charge is 0.148 e. The van der Waals surface area contributed by atoms with E-state index in [1.807, 2.05) is 48.5 Å². The van der Waals surface area contributed by atoms with E-state index < -0.39 is 0 Å².